The average molecular weight is 280 g/mol. The first-order valence-electron chi connectivity index (χ1n) is 6.92. The second-order valence-corrected chi connectivity index (χ2v) is 6.42. The summed E-state index contributed by atoms with van der Waals surface area (Å²) in [6.45, 7) is 8.19. The summed E-state index contributed by atoms with van der Waals surface area (Å²) in [7, 11) is 1.61. The molecule has 4 nitrogen and oxygen atoms in total. The number of hydrogen-bond donors (Lipinski definition) is 1. The molecule has 1 aromatic carbocycles. The van der Waals surface area contributed by atoms with Gasteiger partial charge < -0.3 is 19.3 Å². The fourth-order valence-electron chi connectivity index (χ4n) is 2.76. The zero-order chi connectivity index (χ0) is 15.0. The maximum absolute atomic E-state index is 9.25. The molecule has 1 saturated heterocycles. The van der Waals surface area contributed by atoms with Crippen LogP contribution < -0.4 is 9.47 Å². The van der Waals surface area contributed by atoms with Crippen LogP contribution in [0.5, 0.6) is 11.5 Å². The van der Waals surface area contributed by atoms with Crippen molar-refractivity contribution in [1.29, 1.82) is 0 Å². The average Bonchev–Trinajstić information content (AvgIpc) is 2.57. The van der Waals surface area contributed by atoms with E-state index < -0.39 is 0 Å². The summed E-state index contributed by atoms with van der Waals surface area (Å²) >= 11 is 0. The van der Waals surface area contributed by atoms with Gasteiger partial charge in [0.25, 0.3) is 0 Å². The largest absolute Gasteiger partial charge is 0.493 e. The Hall–Kier alpha value is -1.26. The third kappa shape index (κ3) is 3.07. The minimum Gasteiger partial charge on any atom is -0.493 e. The molecule has 4 heteroatoms. The second kappa shape index (κ2) is 5.26. The van der Waals surface area contributed by atoms with Gasteiger partial charge in [-0.3, -0.25) is 0 Å². The SMILES string of the molecule is COc1ccc(CO)cc1OC1CC(C)(C)OC1(C)C. The third-order valence-corrected chi connectivity index (χ3v) is 3.67. The predicted octanol–water partition coefficient (Wildman–Crippen LogP) is 2.91. The Kier molecular flexibility index (Phi) is 3.98. The van der Waals surface area contributed by atoms with Crippen LogP contribution in [0, 0.1) is 0 Å². The number of ether oxygens (including phenoxy) is 3. The number of aliphatic hydroxyl groups excluding tert-OH is 1. The van der Waals surface area contributed by atoms with Gasteiger partial charge in [0, 0.05) is 6.42 Å². The van der Waals surface area contributed by atoms with E-state index in [9.17, 15) is 5.11 Å². The van der Waals surface area contributed by atoms with E-state index in [2.05, 4.69) is 13.8 Å². The lowest BCUT2D eigenvalue weighted by Gasteiger charge is -2.28. The van der Waals surface area contributed by atoms with E-state index in [1.54, 1.807) is 7.11 Å². The Morgan fingerprint density at radius 1 is 1.25 bits per heavy atom. The Labute approximate surface area is 120 Å². The van der Waals surface area contributed by atoms with Crippen LogP contribution in [-0.4, -0.2) is 29.5 Å². The van der Waals surface area contributed by atoms with E-state index in [-0.39, 0.29) is 23.9 Å². The van der Waals surface area contributed by atoms with Crippen LogP contribution in [0.3, 0.4) is 0 Å². The molecule has 0 saturated carbocycles. The number of aliphatic hydroxyl groups is 1. The van der Waals surface area contributed by atoms with Crippen LogP contribution in [0.2, 0.25) is 0 Å². The van der Waals surface area contributed by atoms with Crippen LogP contribution in [0.25, 0.3) is 0 Å². The highest BCUT2D eigenvalue weighted by Gasteiger charge is 2.47. The lowest BCUT2D eigenvalue weighted by Crippen LogP contribution is -2.36. The van der Waals surface area contributed by atoms with Gasteiger partial charge in [-0.2, -0.15) is 0 Å². The minimum absolute atomic E-state index is 0.0175. The fourth-order valence-corrected chi connectivity index (χ4v) is 2.76. The van der Waals surface area contributed by atoms with Crippen molar-refractivity contribution in [2.45, 2.75) is 58.0 Å². The molecule has 1 atom stereocenters. The van der Waals surface area contributed by atoms with Crippen LogP contribution in [0.4, 0.5) is 0 Å². The van der Waals surface area contributed by atoms with Gasteiger partial charge in [-0.05, 0) is 45.4 Å². The summed E-state index contributed by atoms with van der Waals surface area (Å²) in [4.78, 5) is 0. The standard InChI is InChI=1S/C16H24O4/c1-15(2)9-14(16(3,4)20-15)19-13-8-11(10-17)6-7-12(13)18-5/h6-8,14,17H,9-10H2,1-5H3. The quantitative estimate of drug-likeness (QED) is 0.921. The Morgan fingerprint density at radius 3 is 2.45 bits per heavy atom. The highest BCUT2D eigenvalue weighted by atomic mass is 16.6. The Balaban J connectivity index is 2.25. The molecule has 0 aromatic heterocycles. The number of benzene rings is 1. The van der Waals surface area contributed by atoms with E-state index >= 15 is 0 Å². The van der Waals surface area contributed by atoms with Crippen molar-refractivity contribution < 1.29 is 19.3 Å². The fraction of sp³-hybridized carbons (Fsp3) is 0.625. The summed E-state index contributed by atoms with van der Waals surface area (Å²) < 4.78 is 17.5. The smallest absolute Gasteiger partial charge is 0.162 e. The second-order valence-electron chi connectivity index (χ2n) is 6.42. The van der Waals surface area contributed by atoms with Gasteiger partial charge in [0.1, 0.15) is 11.7 Å². The highest BCUT2D eigenvalue weighted by molar-refractivity contribution is 5.43. The van der Waals surface area contributed by atoms with Crippen LogP contribution in [-0.2, 0) is 11.3 Å². The van der Waals surface area contributed by atoms with Crippen molar-refractivity contribution in [2.75, 3.05) is 7.11 Å². The molecule has 0 bridgehead atoms. The van der Waals surface area contributed by atoms with Crippen molar-refractivity contribution in [3.63, 3.8) is 0 Å². The van der Waals surface area contributed by atoms with E-state index in [1.165, 1.54) is 0 Å². The van der Waals surface area contributed by atoms with Gasteiger partial charge in [0.05, 0.1) is 19.3 Å². The predicted molar refractivity (Wildman–Crippen MR) is 77.2 cm³/mol. The van der Waals surface area contributed by atoms with Gasteiger partial charge in [-0.25, -0.2) is 0 Å². The molecule has 1 fully saturated rings. The van der Waals surface area contributed by atoms with Crippen molar-refractivity contribution in [2.24, 2.45) is 0 Å². The van der Waals surface area contributed by atoms with E-state index in [0.29, 0.717) is 11.5 Å². The number of hydrogen-bond acceptors (Lipinski definition) is 4. The Bertz CT molecular complexity index is 479. The molecule has 1 N–H and O–H groups in total. The lowest BCUT2D eigenvalue weighted by atomic mass is 9.97. The topological polar surface area (TPSA) is 47.9 Å². The molecule has 0 radical (unpaired) electrons. The molecule has 20 heavy (non-hydrogen) atoms. The molecule has 1 aliphatic heterocycles. The molecule has 1 aliphatic rings. The highest BCUT2D eigenvalue weighted by Crippen LogP contribution is 2.41. The van der Waals surface area contributed by atoms with Crippen molar-refractivity contribution >= 4 is 0 Å². The zero-order valence-electron chi connectivity index (χ0n) is 12.9. The van der Waals surface area contributed by atoms with Crippen LogP contribution >= 0.6 is 0 Å². The van der Waals surface area contributed by atoms with Crippen molar-refractivity contribution in [1.82, 2.24) is 0 Å². The summed E-state index contributed by atoms with van der Waals surface area (Å²) in [5.41, 5.74) is 0.247. The van der Waals surface area contributed by atoms with E-state index in [1.807, 2.05) is 32.0 Å². The maximum Gasteiger partial charge on any atom is 0.162 e. The molecule has 112 valence electrons. The van der Waals surface area contributed by atoms with Crippen molar-refractivity contribution in [3.8, 4) is 11.5 Å². The minimum atomic E-state index is -0.357. The molecule has 0 aliphatic carbocycles. The first kappa shape index (κ1) is 15.1. The number of rotatable bonds is 4. The molecule has 2 rings (SSSR count). The van der Waals surface area contributed by atoms with Gasteiger partial charge in [-0.15, -0.1) is 0 Å². The van der Waals surface area contributed by atoms with E-state index in [0.717, 1.165) is 12.0 Å². The monoisotopic (exact) mass is 280 g/mol. The summed E-state index contributed by atoms with van der Waals surface area (Å²) in [6, 6.07) is 5.46. The maximum atomic E-state index is 9.25. The molecule has 1 unspecified atom stereocenters. The molecule has 1 heterocycles. The van der Waals surface area contributed by atoms with Crippen LogP contribution in [0.1, 0.15) is 39.7 Å². The van der Waals surface area contributed by atoms with Gasteiger partial charge in [-0.1, -0.05) is 6.07 Å². The third-order valence-electron chi connectivity index (χ3n) is 3.67. The first-order chi connectivity index (χ1) is 9.27. The molecule has 1 aromatic rings. The normalized spacial score (nSPS) is 23.6. The number of methoxy groups -OCH3 is 1. The summed E-state index contributed by atoms with van der Waals surface area (Å²) in [5, 5.41) is 9.25. The molecule has 0 amide bonds. The molecule has 0 spiro atoms. The first-order valence-corrected chi connectivity index (χ1v) is 6.92. The Morgan fingerprint density at radius 2 is 1.95 bits per heavy atom. The molecular weight excluding hydrogens is 256 g/mol. The summed E-state index contributed by atoms with van der Waals surface area (Å²) in [6.07, 6.45) is 0.757. The summed E-state index contributed by atoms with van der Waals surface area (Å²) in [5.74, 6) is 1.32. The lowest BCUT2D eigenvalue weighted by molar-refractivity contribution is -0.0847. The van der Waals surface area contributed by atoms with Crippen molar-refractivity contribution in [3.05, 3.63) is 23.8 Å². The van der Waals surface area contributed by atoms with Gasteiger partial charge >= 0.3 is 0 Å². The molecular formula is C16H24O4. The van der Waals surface area contributed by atoms with E-state index in [4.69, 9.17) is 14.2 Å². The zero-order valence-corrected chi connectivity index (χ0v) is 12.9. The van der Waals surface area contributed by atoms with Gasteiger partial charge in [0.2, 0.25) is 0 Å². The van der Waals surface area contributed by atoms with Crippen LogP contribution in [0.15, 0.2) is 18.2 Å². The van der Waals surface area contributed by atoms with Gasteiger partial charge in [0.15, 0.2) is 11.5 Å².